The SMILES string of the molecule is C=C(C)C(C)(C)[N+](O)(CC(C)(C)C)C(=O)OC1COC(=O)C1. The van der Waals surface area contributed by atoms with Crippen LogP contribution in [0.3, 0.4) is 0 Å². The molecular formula is C16H28NO5+. The van der Waals surface area contributed by atoms with Gasteiger partial charge in [0, 0.05) is 5.41 Å². The number of hydroxylamine groups is 3. The average molecular weight is 314 g/mol. The van der Waals surface area contributed by atoms with Gasteiger partial charge < -0.3 is 9.47 Å². The predicted molar refractivity (Wildman–Crippen MR) is 81.1 cm³/mol. The van der Waals surface area contributed by atoms with Crippen molar-refractivity contribution in [2.75, 3.05) is 13.2 Å². The maximum Gasteiger partial charge on any atom is 0.550 e. The smallest absolute Gasteiger partial charge is 0.462 e. The molecule has 1 aliphatic rings. The van der Waals surface area contributed by atoms with E-state index < -0.39 is 28.4 Å². The lowest BCUT2D eigenvalue weighted by molar-refractivity contribution is -1.08. The molecule has 22 heavy (non-hydrogen) atoms. The first-order chi connectivity index (χ1) is 9.79. The van der Waals surface area contributed by atoms with Crippen molar-refractivity contribution in [1.29, 1.82) is 0 Å². The minimum Gasteiger partial charge on any atom is -0.462 e. The third-order valence-corrected chi connectivity index (χ3v) is 4.07. The molecule has 126 valence electrons. The topological polar surface area (TPSA) is 72.8 Å². The monoisotopic (exact) mass is 314 g/mol. The van der Waals surface area contributed by atoms with Gasteiger partial charge in [0.1, 0.15) is 13.2 Å². The molecule has 1 saturated heterocycles. The Bertz CT molecular complexity index is 477. The van der Waals surface area contributed by atoms with Crippen LogP contribution in [-0.4, -0.2) is 46.7 Å². The number of hydrogen-bond donors (Lipinski definition) is 1. The average Bonchev–Trinajstić information content (AvgIpc) is 2.71. The summed E-state index contributed by atoms with van der Waals surface area (Å²) in [6.07, 6.45) is -1.41. The second-order valence-electron chi connectivity index (χ2n) is 7.72. The number of ether oxygens (including phenoxy) is 2. The first-order valence-electron chi connectivity index (χ1n) is 7.43. The molecule has 0 bridgehead atoms. The van der Waals surface area contributed by atoms with E-state index in [2.05, 4.69) is 6.58 Å². The van der Waals surface area contributed by atoms with E-state index >= 15 is 0 Å². The van der Waals surface area contributed by atoms with E-state index in [-0.39, 0.29) is 25.0 Å². The Hall–Kier alpha value is -1.40. The van der Waals surface area contributed by atoms with Gasteiger partial charge in [0.05, 0.1) is 6.42 Å². The summed E-state index contributed by atoms with van der Waals surface area (Å²) in [4.78, 5) is 23.8. The fourth-order valence-corrected chi connectivity index (χ4v) is 2.29. The van der Waals surface area contributed by atoms with Crippen LogP contribution in [-0.2, 0) is 14.3 Å². The number of rotatable bonds is 4. The number of cyclic esters (lactones) is 1. The number of hydrogen-bond acceptors (Lipinski definition) is 5. The van der Waals surface area contributed by atoms with E-state index in [4.69, 9.17) is 9.47 Å². The van der Waals surface area contributed by atoms with Crippen molar-refractivity contribution in [2.24, 2.45) is 5.41 Å². The fraction of sp³-hybridized carbons (Fsp3) is 0.750. The Morgan fingerprint density at radius 1 is 1.41 bits per heavy atom. The zero-order chi connectivity index (χ0) is 17.3. The number of amides is 1. The number of quaternary nitrogens is 1. The van der Waals surface area contributed by atoms with Crippen LogP contribution < -0.4 is 0 Å². The number of carbonyl (C=O) groups is 2. The van der Waals surface area contributed by atoms with Gasteiger partial charge in [0.2, 0.25) is 0 Å². The van der Waals surface area contributed by atoms with Crippen molar-refractivity contribution in [3.63, 3.8) is 0 Å². The molecule has 6 heteroatoms. The van der Waals surface area contributed by atoms with Crippen LogP contribution in [0, 0.1) is 5.41 Å². The summed E-state index contributed by atoms with van der Waals surface area (Å²) in [5.74, 6) is -0.399. The highest BCUT2D eigenvalue weighted by Gasteiger charge is 2.55. The summed E-state index contributed by atoms with van der Waals surface area (Å²) in [6.45, 7) is 15.1. The minimum atomic E-state index is -0.923. The molecule has 1 N–H and O–H groups in total. The van der Waals surface area contributed by atoms with E-state index in [1.165, 1.54) is 0 Å². The summed E-state index contributed by atoms with van der Waals surface area (Å²) < 4.78 is 9.20. The Morgan fingerprint density at radius 2 is 1.95 bits per heavy atom. The molecule has 1 fully saturated rings. The lowest BCUT2D eigenvalue weighted by atomic mass is 9.88. The quantitative estimate of drug-likeness (QED) is 0.284. The Balaban J connectivity index is 3.06. The number of carbonyl (C=O) groups excluding carboxylic acids is 2. The van der Waals surface area contributed by atoms with Gasteiger partial charge in [-0.15, -0.1) is 0 Å². The molecular weight excluding hydrogens is 286 g/mol. The van der Waals surface area contributed by atoms with Crippen molar-refractivity contribution in [3.05, 3.63) is 12.2 Å². The van der Waals surface area contributed by atoms with Crippen molar-refractivity contribution >= 4 is 12.1 Å². The van der Waals surface area contributed by atoms with Crippen LogP contribution in [0.2, 0.25) is 0 Å². The molecule has 0 aromatic carbocycles. The maximum absolute atomic E-state index is 12.6. The van der Waals surface area contributed by atoms with Gasteiger partial charge >= 0.3 is 12.1 Å². The highest BCUT2D eigenvalue weighted by Crippen LogP contribution is 2.35. The summed E-state index contributed by atoms with van der Waals surface area (Å²) in [6, 6.07) is 0. The van der Waals surface area contributed by atoms with E-state index in [1.807, 2.05) is 20.8 Å². The molecule has 1 heterocycles. The van der Waals surface area contributed by atoms with Crippen molar-refractivity contribution < 1.29 is 28.9 Å². The van der Waals surface area contributed by atoms with Gasteiger partial charge in [-0.3, -0.25) is 4.79 Å². The van der Waals surface area contributed by atoms with Gasteiger partial charge in [-0.25, -0.2) is 5.21 Å². The fourth-order valence-electron chi connectivity index (χ4n) is 2.29. The Morgan fingerprint density at radius 3 is 2.32 bits per heavy atom. The summed E-state index contributed by atoms with van der Waals surface area (Å²) in [5, 5.41) is 11.1. The summed E-state index contributed by atoms with van der Waals surface area (Å²) >= 11 is 0. The normalized spacial score (nSPS) is 22.0. The third kappa shape index (κ3) is 3.87. The van der Waals surface area contributed by atoms with Crippen LogP contribution in [0.1, 0.15) is 48.0 Å². The Kier molecular flexibility index (Phi) is 5.09. The van der Waals surface area contributed by atoms with Gasteiger partial charge in [0.15, 0.2) is 11.6 Å². The first-order valence-corrected chi connectivity index (χ1v) is 7.43. The van der Waals surface area contributed by atoms with Crippen molar-refractivity contribution in [3.8, 4) is 0 Å². The minimum absolute atomic E-state index is 0.0226. The molecule has 0 radical (unpaired) electrons. The molecule has 0 saturated carbocycles. The Labute approximate surface area is 132 Å². The highest BCUT2D eigenvalue weighted by molar-refractivity contribution is 5.72. The zero-order valence-corrected chi connectivity index (χ0v) is 14.4. The van der Waals surface area contributed by atoms with Crippen LogP contribution in [0.15, 0.2) is 12.2 Å². The first kappa shape index (κ1) is 18.6. The molecule has 0 aromatic heterocycles. The predicted octanol–water partition coefficient (Wildman–Crippen LogP) is 3.05. The molecule has 0 aromatic rings. The molecule has 2 unspecified atom stereocenters. The van der Waals surface area contributed by atoms with Gasteiger partial charge in [-0.2, -0.15) is 4.79 Å². The zero-order valence-electron chi connectivity index (χ0n) is 14.4. The molecule has 0 aliphatic carbocycles. The van der Waals surface area contributed by atoms with Gasteiger partial charge in [0.25, 0.3) is 0 Å². The van der Waals surface area contributed by atoms with Crippen LogP contribution in [0.5, 0.6) is 0 Å². The molecule has 1 amide bonds. The third-order valence-electron chi connectivity index (χ3n) is 4.07. The molecule has 1 rings (SSSR count). The van der Waals surface area contributed by atoms with Gasteiger partial charge in [-0.1, -0.05) is 32.0 Å². The number of nitrogens with zero attached hydrogens (tertiary/aromatic N) is 1. The second-order valence-corrected chi connectivity index (χ2v) is 7.72. The van der Waals surface area contributed by atoms with Crippen LogP contribution in [0.25, 0.3) is 0 Å². The maximum atomic E-state index is 12.6. The molecule has 6 nitrogen and oxygen atoms in total. The summed E-state index contributed by atoms with van der Waals surface area (Å²) in [5.41, 5.74) is -0.578. The molecule has 1 aliphatic heterocycles. The van der Waals surface area contributed by atoms with E-state index in [0.717, 1.165) is 0 Å². The van der Waals surface area contributed by atoms with Crippen molar-refractivity contribution in [1.82, 2.24) is 0 Å². The highest BCUT2D eigenvalue weighted by atomic mass is 16.7. The van der Waals surface area contributed by atoms with Gasteiger partial charge in [-0.05, 0) is 26.3 Å². The second kappa shape index (κ2) is 6.01. The van der Waals surface area contributed by atoms with E-state index in [9.17, 15) is 14.8 Å². The van der Waals surface area contributed by atoms with E-state index in [1.54, 1.807) is 20.8 Å². The standard InChI is InChI=1S/C16H28NO5/c1-11(2)16(6,7)17(20,10-15(3,4)5)14(19)22-12-8-13(18)21-9-12/h12,20H,1,8-10H2,2-7H3/q+1. The van der Waals surface area contributed by atoms with Crippen LogP contribution in [0.4, 0.5) is 4.79 Å². The van der Waals surface area contributed by atoms with Crippen LogP contribution >= 0.6 is 0 Å². The molecule has 0 spiro atoms. The van der Waals surface area contributed by atoms with E-state index in [0.29, 0.717) is 5.57 Å². The largest absolute Gasteiger partial charge is 0.550 e. The molecule has 2 atom stereocenters. The summed E-state index contributed by atoms with van der Waals surface area (Å²) in [7, 11) is 0. The van der Waals surface area contributed by atoms with Crippen molar-refractivity contribution in [2.45, 2.75) is 59.6 Å². The number of esters is 1. The lowest BCUT2D eigenvalue weighted by Crippen LogP contribution is -2.66. The lowest BCUT2D eigenvalue weighted by Gasteiger charge is -2.43.